The standard InChI is InChI=1S/C18H35N5O/c1-4-19-18(21-10-9-20-17(24)16-7-8-16)22-12-15(3)23-11-5-6-14(2)13-23/h14-16H,4-13H2,1-3H3,(H,20,24)(H2,19,21,22). The van der Waals surface area contributed by atoms with Crippen LogP contribution in [0, 0.1) is 11.8 Å². The topological polar surface area (TPSA) is 68.8 Å². The number of guanidine groups is 1. The molecule has 3 N–H and O–H groups in total. The molecule has 6 nitrogen and oxygen atoms in total. The van der Waals surface area contributed by atoms with E-state index in [1.807, 2.05) is 0 Å². The molecule has 0 aromatic heterocycles. The van der Waals surface area contributed by atoms with Crippen molar-refractivity contribution in [2.75, 3.05) is 39.3 Å². The summed E-state index contributed by atoms with van der Waals surface area (Å²) >= 11 is 0. The molecule has 0 spiro atoms. The second-order valence-corrected chi connectivity index (χ2v) is 7.30. The van der Waals surface area contributed by atoms with Crippen molar-refractivity contribution in [2.45, 2.75) is 52.5 Å². The predicted molar refractivity (Wildman–Crippen MR) is 99.1 cm³/mol. The number of piperidine rings is 1. The normalized spacial score (nSPS) is 23.6. The molecule has 1 saturated carbocycles. The van der Waals surface area contributed by atoms with Crippen molar-refractivity contribution in [1.29, 1.82) is 0 Å². The number of hydrogen-bond acceptors (Lipinski definition) is 3. The van der Waals surface area contributed by atoms with Crippen LogP contribution in [0.2, 0.25) is 0 Å². The molecule has 2 unspecified atom stereocenters. The Morgan fingerprint density at radius 3 is 2.62 bits per heavy atom. The molecule has 1 saturated heterocycles. The summed E-state index contributed by atoms with van der Waals surface area (Å²) in [5.41, 5.74) is 0. The molecule has 1 amide bonds. The average molecular weight is 338 g/mol. The van der Waals surface area contributed by atoms with Gasteiger partial charge in [-0.2, -0.15) is 0 Å². The summed E-state index contributed by atoms with van der Waals surface area (Å²) in [6, 6.07) is 0.470. The predicted octanol–water partition coefficient (Wildman–Crippen LogP) is 1.19. The van der Waals surface area contributed by atoms with E-state index in [2.05, 4.69) is 41.6 Å². The third-order valence-corrected chi connectivity index (χ3v) is 4.83. The van der Waals surface area contributed by atoms with Crippen LogP contribution >= 0.6 is 0 Å². The maximum Gasteiger partial charge on any atom is 0.223 e. The minimum absolute atomic E-state index is 0.201. The molecule has 0 aromatic rings. The summed E-state index contributed by atoms with van der Waals surface area (Å²) in [7, 11) is 0. The summed E-state index contributed by atoms with van der Waals surface area (Å²) in [5, 5.41) is 9.56. The smallest absolute Gasteiger partial charge is 0.223 e. The van der Waals surface area contributed by atoms with E-state index in [0.717, 1.165) is 37.8 Å². The van der Waals surface area contributed by atoms with E-state index in [9.17, 15) is 4.79 Å². The van der Waals surface area contributed by atoms with Gasteiger partial charge in [-0.05, 0) is 52.0 Å². The van der Waals surface area contributed by atoms with Crippen molar-refractivity contribution in [2.24, 2.45) is 16.8 Å². The zero-order valence-electron chi connectivity index (χ0n) is 15.6. The number of aliphatic imine (C=N–C) groups is 1. The minimum Gasteiger partial charge on any atom is -0.357 e. The van der Waals surface area contributed by atoms with Crippen molar-refractivity contribution >= 4 is 11.9 Å². The third kappa shape index (κ3) is 6.67. The Bertz CT molecular complexity index is 422. The van der Waals surface area contributed by atoms with Crippen molar-refractivity contribution in [1.82, 2.24) is 20.9 Å². The lowest BCUT2D eigenvalue weighted by Crippen LogP contribution is -2.44. The minimum atomic E-state index is 0.201. The lowest BCUT2D eigenvalue weighted by Gasteiger charge is -2.35. The van der Waals surface area contributed by atoms with Crippen LogP contribution in [0.3, 0.4) is 0 Å². The van der Waals surface area contributed by atoms with E-state index in [-0.39, 0.29) is 11.8 Å². The summed E-state index contributed by atoms with van der Waals surface area (Å²) in [6.45, 7) is 12.1. The van der Waals surface area contributed by atoms with Gasteiger partial charge in [0, 0.05) is 38.1 Å². The lowest BCUT2D eigenvalue weighted by atomic mass is 9.99. The van der Waals surface area contributed by atoms with E-state index in [1.165, 1.54) is 25.9 Å². The van der Waals surface area contributed by atoms with Crippen LogP contribution in [-0.2, 0) is 4.79 Å². The molecule has 138 valence electrons. The molecular formula is C18H35N5O. The largest absolute Gasteiger partial charge is 0.357 e. The third-order valence-electron chi connectivity index (χ3n) is 4.83. The first-order chi connectivity index (χ1) is 11.6. The van der Waals surface area contributed by atoms with Crippen LogP contribution in [0.1, 0.15) is 46.5 Å². The summed E-state index contributed by atoms with van der Waals surface area (Å²) in [6.07, 6.45) is 4.75. The Morgan fingerprint density at radius 2 is 1.96 bits per heavy atom. The molecule has 2 aliphatic rings. The van der Waals surface area contributed by atoms with Gasteiger partial charge in [0.1, 0.15) is 0 Å². The number of carbonyl (C=O) groups excluding carboxylic acids is 1. The first-order valence-corrected chi connectivity index (χ1v) is 9.64. The fourth-order valence-electron chi connectivity index (χ4n) is 3.16. The fraction of sp³-hybridized carbons (Fsp3) is 0.889. The molecule has 0 bridgehead atoms. The van der Waals surface area contributed by atoms with Crippen molar-refractivity contribution < 1.29 is 4.79 Å². The van der Waals surface area contributed by atoms with Gasteiger partial charge >= 0.3 is 0 Å². The van der Waals surface area contributed by atoms with Crippen LogP contribution in [0.25, 0.3) is 0 Å². The van der Waals surface area contributed by atoms with Gasteiger partial charge in [0.15, 0.2) is 5.96 Å². The maximum absolute atomic E-state index is 11.6. The Labute approximate surface area is 146 Å². The summed E-state index contributed by atoms with van der Waals surface area (Å²) in [4.78, 5) is 18.9. The van der Waals surface area contributed by atoms with E-state index < -0.39 is 0 Å². The highest BCUT2D eigenvalue weighted by atomic mass is 16.2. The molecule has 0 radical (unpaired) electrons. The highest BCUT2D eigenvalue weighted by Crippen LogP contribution is 2.28. The summed E-state index contributed by atoms with van der Waals surface area (Å²) < 4.78 is 0. The van der Waals surface area contributed by atoms with Crippen molar-refractivity contribution in [3.05, 3.63) is 0 Å². The monoisotopic (exact) mass is 337 g/mol. The van der Waals surface area contributed by atoms with E-state index in [4.69, 9.17) is 4.99 Å². The second kappa shape index (κ2) is 9.87. The molecule has 1 aliphatic carbocycles. The number of hydrogen-bond donors (Lipinski definition) is 3. The molecule has 1 aliphatic heterocycles. The first kappa shape index (κ1) is 19.0. The van der Waals surface area contributed by atoms with Crippen LogP contribution in [0.5, 0.6) is 0 Å². The highest BCUT2D eigenvalue weighted by Gasteiger charge is 2.29. The van der Waals surface area contributed by atoms with Crippen molar-refractivity contribution in [3.8, 4) is 0 Å². The van der Waals surface area contributed by atoms with Gasteiger partial charge in [-0.3, -0.25) is 14.7 Å². The zero-order chi connectivity index (χ0) is 17.4. The highest BCUT2D eigenvalue weighted by molar-refractivity contribution is 5.81. The quantitative estimate of drug-likeness (QED) is 0.353. The maximum atomic E-state index is 11.6. The van der Waals surface area contributed by atoms with Gasteiger partial charge in [0.2, 0.25) is 5.91 Å². The Morgan fingerprint density at radius 1 is 1.21 bits per heavy atom. The fourth-order valence-corrected chi connectivity index (χ4v) is 3.16. The zero-order valence-corrected chi connectivity index (χ0v) is 15.6. The number of carbonyl (C=O) groups is 1. The molecule has 2 rings (SSSR count). The molecule has 0 aromatic carbocycles. The Kier molecular flexibility index (Phi) is 7.82. The number of amides is 1. The van der Waals surface area contributed by atoms with Crippen LogP contribution < -0.4 is 16.0 Å². The molecular weight excluding hydrogens is 302 g/mol. The van der Waals surface area contributed by atoms with Gasteiger partial charge in [0.05, 0.1) is 6.54 Å². The van der Waals surface area contributed by atoms with Crippen LogP contribution in [0.15, 0.2) is 4.99 Å². The number of nitrogens with one attached hydrogen (secondary N) is 3. The Balaban J connectivity index is 1.69. The van der Waals surface area contributed by atoms with Crippen LogP contribution in [-0.4, -0.2) is 62.1 Å². The number of nitrogens with zero attached hydrogens (tertiary/aromatic N) is 2. The van der Waals surface area contributed by atoms with Gasteiger partial charge in [-0.1, -0.05) is 6.92 Å². The molecule has 2 fully saturated rings. The first-order valence-electron chi connectivity index (χ1n) is 9.64. The molecule has 2 atom stereocenters. The molecule has 6 heteroatoms. The van der Waals surface area contributed by atoms with Gasteiger partial charge in [-0.25, -0.2) is 0 Å². The van der Waals surface area contributed by atoms with Crippen molar-refractivity contribution in [3.63, 3.8) is 0 Å². The van der Waals surface area contributed by atoms with Gasteiger partial charge in [-0.15, -0.1) is 0 Å². The van der Waals surface area contributed by atoms with E-state index in [0.29, 0.717) is 19.1 Å². The molecule has 1 heterocycles. The Hall–Kier alpha value is -1.30. The van der Waals surface area contributed by atoms with Gasteiger partial charge < -0.3 is 16.0 Å². The van der Waals surface area contributed by atoms with Crippen LogP contribution in [0.4, 0.5) is 0 Å². The number of likely N-dealkylation sites (tertiary alicyclic amines) is 1. The van der Waals surface area contributed by atoms with E-state index >= 15 is 0 Å². The average Bonchev–Trinajstić information content (AvgIpc) is 3.41. The second-order valence-electron chi connectivity index (χ2n) is 7.30. The lowest BCUT2D eigenvalue weighted by molar-refractivity contribution is -0.122. The SMILES string of the molecule is CCNC(=NCC(C)N1CCCC(C)C1)NCCNC(=O)C1CC1. The van der Waals surface area contributed by atoms with E-state index in [1.54, 1.807) is 0 Å². The molecule has 24 heavy (non-hydrogen) atoms. The summed E-state index contributed by atoms with van der Waals surface area (Å²) in [5.74, 6) is 2.12. The number of rotatable bonds is 8. The van der Waals surface area contributed by atoms with Gasteiger partial charge in [0.25, 0.3) is 0 Å².